The summed E-state index contributed by atoms with van der Waals surface area (Å²) in [5.74, 6) is -1.73. The number of carbonyl (C=O) groups is 1. The number of aliphatic imine (C=N–C) groups is 1. The lowest BCUT2D eigenvalue weighted by molar-refractivity contribution is -0.149. The fourth-order valence-electron chi connectivity index (χ4n) is 1.46. The maximum Gasteiger partial charge on any atom is 0.337 e. The molecular weight excluding hydrogens is 254 g/mol. The number of hydrogen-bond acceptors (Lipinski definition) is 3. The van der Waals surface area contributed by atoms with Gasteiger partial charge in [0.1, 0.15) is 0 Å². The standard InChI is InChI=1S/C13H12F2N2O2/c14-11(15)13(12(18)19,7-4-8-16)17-9-10-5-2-1-3-6-10/h1-3,5-6,9,11H,4,7H2,(H,18,19). The summed E-state index contributed by atoms with van der Waals surface area (Å²) >= 11 is 0. The molecule has 0 aromatic heterocycles. The average molecular weight is 266 g/mol. The largest absolute Gasteiger partial charge is 0.479 e. The van der Waals surface area contributed by atoms with E-state index in [-0.39, 0.29) is 6.42 Å². The van der Waals surface area contributed by atoms with Gasteiger partial charge in [-0.3, -0.25) is 4.99 Å². The van der Waals surface area contributed by atoms with Crippen LogP contribution in [0, 0.1) is 11.3 Å². The van der Waals surface area contributed by atoms with Gasteiger partial charge in [0, 0.05) is 19.1 Å². The molecule has 0 saturated heterocycles. The van der Waals surface area contributed by atoms with E-state index in [1.807, 2.05) is 0 Å². The van der Waals surface area contributed by atoms with E-state index in [2.05, 4.69) is 4.99 Å². The predicted molar refractivity (Wildman–Crippen MR) is 65.3 cm³/mol. The zero-order valence-electron chi connectivity index (χ0n) is 9.96. The number of carboxylic acids is 1. The third-order valence-electron chi connectivity index (χ3n) is 2.59. The van der Waals surface area contributed by atoms with Crippen LogP contribution in [-0.4, -0.2) is 29.3 Å². The Bertz CT molecular complexity index is 497. The van der Waals surface area contributed by atoms with E-state index in [4.69, 9.17) is 10.4 Å². The van der Waals surface area contributed by atoms with Crippen LogP contribution in [0.2, 0.25) is 0 Å². The monoisotopic (exact) mass is 266 g/mol. The van der Waals surface area contributed by atoms with Crippen molar-refractivity contribution in [2.75, 3.05) is 0 Å². The summed E-state index contributed by atoms with van der Waals surface area (Å²) < 4.78 is 26.1. The molecule has 6 heteroatoms. The number of hydrogen-bond donors (Lipinski definition) is 1. The summed E-state index contributed by atoms with van der Waals surface area (Å²) in [5, 5.41) is 17.4. The maximum atomic E-state index is 13.0. The second-order valence-electron chi connectivity index (χ2n) is 3.86. The summed E-state index contributed by atoms with van der Waals surface area (Å²) in [6.45, 7) is 0. The normalized spacial score (nSPS) is 14.2. The Morgan fingerprint density at radius 3 is 2.58 bits per heavy atom. The molecule has 19 heavy (non-hydrogen) atoms. The van der Waals surface area contributed by atoms with Crippen molar-refractivity contribution in [3.63, 3.8) is 0 Å². The van der Waals surface area contributed by atoms with Gasteiger partial charge in [-0.05, 0) is 5.56 Å². The number of carboxylic acid groups (broad SMARTS) is 1. The Labute approximate surface area is 109 Å². The summed E-state index contributed by atoms with van der Waals surface area (Å²) in [6.07, 6.45) is -2.92. The van der Waals surface area contributed by atoms with Crippen molar-refractivity contribution in [2.45, 2.75) is 24.8 Å². The van der Waals surface area contributed by atoms with Crippen molar-refractivity contribution in [3.05, 3.63) is 35.9 Å². The predicted octanol–water partition coefficient (Wildman–Crippen LogP) is 2.50. The van der Waals surface area contributed by atoms with Crippen LogP contribution in [-0.2, 0) is 4.79 Å². The Morgan fingerprint density at radius 1 is 1.47 bits per heavy atom. The van der Waals surface area contributed by atoms with E-state index < -0.39 is 24.4 Å². The Morgan fingerprint density at radius 2 is 2.11 bits per heavy atom. The van der Waals surface area contributed by atoms with Crippen LogP contribution in [0.25, 0.3) is 0 Å². The highest BCUT2D eigenvalue weighted by atomic mass is 19.3. The first-order valence-corrected chi connectivity index (χ1v) is 5.51. The second kappa shape index (κ2) is 6.59. The molecule has 0 bridgehead atoms. The van der Waals surface area contributed by atoms with Crippen LogP contribution in [0.3, 0.4) is 0 Å². The van der Waals surface area contributed by atoms with Crippen molar-refractivity contribution >= 4 is 12.2 Å². The molecule has 1 unspecified atom stereocenters. The maximum absolute atomic E-state index is 13.0. The van der Waals surface area contributed by atoms with Crippen LogP contribution < -0.4 is 0 Å². The minimum Gasteiger partial charge on any atom is -0.479 e. The first kappa shape index (κ1) is 14.8. The molecule has 0 aliphatic heterocycles. The lowest BCUT2D eigenvalue weighted by Gasteiger charge is -2.23. The third-order valence-corrected chi connectivity index (χ3v) is 2.59. The van der Waals surface area contributed by atoms with Gasteiger partial charge in [0.15, 0.2) is 0 Å². The smallest absolute Gasteiger partial charge is 0.337 e. The van der Waals surface area contributed by atoms with Gasteiger partial charge in [0.2, 0.25) is 5.54 Å². The van der Waals surface area contributed by atoms with E-state index in [1.54, 1.807) is 36.4 Å². The summed E-state index contributed by atoms with van der Waals surface area (Å²) in [5.41, 5.74) is -2.04. The molecule has 100 valence electrons. The van der Waals surface area contributed by atoms with E-state index in [1.165, 1.54) is 0 Å². The molecule has 0 fully saturated rings. The molecule has 1 rings (SSSR count). The zero-order chi connectivity index (χ0) is 14.3. The number of nitrogens with zero attached hydrogens (tertiary/aromatic N) is 2. The summed E-state index contributed by atoms with van der Waals surface area (Å²) in [6, 6.07) is 10.00. The van der Waals surface area contributed by atoms with Crippen molar-refractivity contribution in [3.8, 4) is 6.07 Å². The lowest BCUT2D eigenvalue weighted by Crippen LogP contribution is -2.44. The van der Waals surface area contributed by atoms with Crippen LogP contribution in [0.1, 0.15) is 18.4 Å². The van der Waals surface area contributed by atoms with Crippen LogP contribution >= 0.6 is 0 Å². The Balaban J connectivity index is 3.06. The van der Waals surface area contributed by atoms with E-state index >= 15 is 0 Å². The van der Waals surface area contributed by atoms with Crippen molar-refractivity contribution in [2.24, 2.45) is 4.99 Å². The Kier molecular flexibility index (Phi) is 5.12. The van der Waals surface area contributed by atoms with Gasteiger partial charge in [0.05, 0.1) is 6.07 Å². The van der Waals surface area contributed by atoms with Gasteiger partial charge in [0.25, 0.3) is 6.43 Å². The minimum atomic E-state index is -3.18. The number of halogens is 2. The molecule has 1 aromatic carbocycles. The highest BCUT2D eigenvalue weighted by molar-refractivity contribution is 5.86. The molecule has 0 radical (unpaired) electrons. The van der Waals surface area contributed by atoms with Gasteiger partial charge in [-0.25, -0.2) is 13.6 Å². The van der Waals surface area contributed by atoms with Gasteiger partial charge < -0.3 is 5.11 Å². The molecule has 0 spiro atoms. The fourth-order valence-corrected chi connectivity index (χ4v) is 1.46. The number of nitriles is 1. The topological polar surface area (TPSA) is 73.5 Å². The lowest BCUT2D eigenvalue weighted by atomic mass is 9.95. The number of alkyl halides is 2. The molecule has 4 nitrogen and oxygen atoms in total. The highest BCUT2D eigenvalue weighted by Crippen LogP contribution is 2.27. The van der Waals surface area contributed by atoms with Gasteiger partial charge in [-0.1, -0.05) is 30.3 Å². The Hall–Kier alpha value is -2.29. The summed E-state index contributed by atoms with van der Waals surface area (Å²) in [7, 11) is 0. The van der Waals surface area contributed by atoms with E-state index in [0.29, 0.717) is 5.56 Å². The molecule has 0 aliphatic rings. The first-order chi connectivity index (χ1) is 9.03. The molecule has 0 amide bonds. The second-order valence-corrected chi connectivity index (χ2v) is 3.86. The van der Waals surface area contributed by atoms with Gasteiger partial charge in [-0.15, -0.1) is 0 Å². The minimum absolute atomic E-state index is 0.303. The highest BCUT2D eigenvalue weighted by Gasteiger charge is 2.46. The van der Waals surface area contributed by atoms with Gasteiger partial charge >= 0.3 is 5.97 Å². The molecule has 0 aliphatic carbocycles. The van der Waals surface area contributed by atoms with Crippen molar-refractivity contribution in [1.82, 2.24) is 0 Å². The molecule has 0 heterocycles. The number of rotatable bonds is 6. The third kappa shape index (κ3) is 3.58. The molecule has 1 atom stereocenters. The fraction of sp³-hybridized carbons (Fsp3) is 0.308. The van der Waals surface area contributed by atoms with Crippen LogP contribution in [0.4, 0.5) is 8.78 Å². The van der Waals surface area contributed by atoms with Crippen LogP contribution in [0.5, 0.6) is 0 Å². The van der Waals surface area contributed by atoms with Crippen molar-refractivity contribution in [1.29, 1.82) is 5.26 Å². The van der Waals surface area contributed by atoms with E-state index in [9.17, 15) is 13.6 Å². The number of aliphatic carboxylic acids is 1. The molecule has 0 saturated carbocycles. The quantitative estimate of drug-likeness (QED) is 0.804. The summed E-state index contributed by atoms with van der Waals surface area (Å²) in [4.78, 5) is 14.6. The van der Waals surface area contributed by atoms with Crippen molar-refractivity contribution < 1.29 is 18.7 Å². The zero-order valence-corrected chi connectivity index (χ0v) is 9.96. The van der Waals surface area contributed by atoms with Gasteiger partial charge in [-0.2, -0.15) is 5.26 Å². The van der Waals surface area contributed by atoms with E-state index in [0.717, 1.165) is 6.21 Å². The van der Waals surface area contributed by atoms with Crippen LogP contribution in [0.15, 0.2) is 35.3 Å². The number of benzene rings is 1. The first-order valence-electron chi connectivity index (χ1n) is 5.51. The molecule has 1 aromatic rings. The average Bonchev–Trinajstić information content (AvgIpc) is 2.39. The molecule has 1 N–H and O–H groups in total. The SMILES string of the molecule is N#CCCC(N=Cc1ccccc1)(C(=O)O)C(F)F. The molecular formula is C13H12F2N2O2.